The van der Waals surface area contributed by atoms with E-state index in [1.54, 1.807) is 4.90 Å². The van der Waals surface area contributed by atoms with Crippen LogP contribution in [0.3, 0.4) is 0 Å². The van der Waals surface area contributed by atoms with E-state index in [-0.39, 0.29) is 12.3 Å². The Morgan fingerprint density at radius 3 is 2.32 bits per heavy atom. The molecule has 7 heteroatoms. The molecule has 2 aromatic carbocycles. The van der Waals surface area contributed by atoms with E-state index in [0.29, 0.717) is 0 Å². The molecule has 0 unspecified atom stereocenters. The maximum atomic E-state index is 13.1. The average Bonchev–Trinajstić information content (AvgIpc) is 3.43. The van der Waals surface area contributed by atoms with Crippen LogP contribution in [0.4, 0.5) is 11.4 Å². The first-order valence-electron chi connectivity index (χ1n) is 11.2. The summed E-state index contributed by atoms with van der Waals surface area (Å²) in [6, 6.07) is 15.0. The Hall–Kier alpha value is -3.45. The van der Waals surface area contributed by atoms with E-state index in [1.165, 1.54) is 11.3 Å². The zero-order valence-electron chi connectivity index (χ0n) is 19.8. The third kappa shape index (κ3) is 4.89. The van der Waals surface area contributed by atoms with E-state index in [0.717, 1.165) is 38.5 Å². The van der Waals surface area contributed by atoms with Gasteiger partial charge in [0.25, 0.3) is 5.91 Å². The highest BCUT2D eigenvalue weighted by molar-refractivity contribution is 7.10. The molecule has 4 rings (SSSR count). The van der Waals surface area contributed by atoms with E-state index in [2.05, 4.69) is 5.32 Å². The molecule has 1 aliphatic heterocycles. The predicted octanol–water partition coefficient (Wildman–Crippen LogP) is 5.26. The zero-order valence-corrected chi connectivity index (χ0v) is 20.6. The SMILES string of the molecule is Cc1ccc(N2C(=O)C[C@@H](C(=O)OCC(=O)Nc3c(C)cc(C)cc3C)[C@H]2c2cccs2)cc1. The van der Waals surface area contributed by atoms with Crippen LogP contribution < -0.4 is 10.2 Å². The number of ether oxygens (including phenoxy) is 1. The summed E-state index contributed by atoms with van der Waals surface area (Å²) in [4.78, 5) is 41.2. The third-order valence-electron chi connectivity index (χ3n) is 6.06. The van der Waals surface area contributed by atoms with Crippen molar-refractivity contribution in [1.82, 2.24) is 0 Å². The molecule has 3 aromatic rings. The lowest BCUT2D eigenvalue weighted by molar-refractivity contribution is -0.152. The number of carbonyl (C=O) groups is 3. The first-order valence-corrected chi connectivity index (χ1v) is 12.1. The van der Waals surface area contributed by atoms with Gasteiger partial charge < -0.3 is 15.0 Å². The van der Waals surface area contributed by atoms with Crippen LogP contribution in [0.15, 0.2) is 53.9 Å². The van der Waals surface area contributed by atoms with E-state index in [4.69, 9.17) is 4.74 Å². The summed E-state index contributed by atoms with van der Waals surface area (Å²) in [6.07, 6.45) is 0.0348. The summed E-state index contributed by atoms with van der Waals surface area (Å²) >= 11 is 1.49. The molecular formula is C27H28N2O4S. The third-order valence-corrected chi connectivity index (χ3v) is 7.00. The summed E-state index contributed by atoms with van der Waals surface area (Å²) < 4.78 is 5.42. The zero-order chi connectivity index (χ0) is 24.4. The number of benzene rings is 2. The van der Waals surface area contributed by atoms with Gasteiger partial charge >= 0.3 is 5.97 Å². The topological polar surface area (TPSA) is 75.7 Å². The van der Waals surface area contributed by atoms with Crippen molar-refractivity contribution in [2.24, 2.45) is 5.92 Å². The number of esters is 1. The molecule has 34 heavy (non-hydrogen) atoms. The van der Waals surface area contributed by atoms with Crippen LogP contribution in [0, 0.1) is 33.6 Å². The van der Waals surface area contributed by atoms with Gasteiger partial charge in [-0.1, -0.05) is 41.5 Å². The molecule has 1 N–H and O–H groups in total. The second-order valence-electron chi connectivity index (χ2n) is 8.80. The normalized spacial score (nSPS) is 17.6. The molecule has 2 heterocycles. The molecule has 1 saturated heterocycles. The lowest BCUT2D eigenvalue weighted by Crippen LogP contribution is -2.31. The number of anilines is 2. The monoisotopic (exact) mass is 476 g/mol. The highest BCUT2D eigenvalue weighted by Gasteiger charge is 2.46. The molecule has 1 aromatic heterocycles. The lowest BCUT2D eigenvalue weighted by Gasteiger charge is -2.27. The Kier molecular flexibility index (Phi) is 6.84. The van der Waals surface area contributed by atoms with Crippen molar-refractivity contribution in [2.45, 2.75) is 40.2 Å². The van der Waals surface area contributed by atoms with Crippen LogP contribution in [0.1, 0.15) is 39.6 Å². The number of rotatable bonds is 6. The molecule has 0 bridgehead atoms. The van der Waals surface area contributed by atoms with Gasteiger partial charge in [-0.05, 0) is 62.4 Å². The Morgan fingerprint density at radius 1 is 1.03 bits per heavy atom. The van der Waals surface area contributed by atoms with E-state index in [1.807, 2.05) is 81.6 Å². The first-order chi connectivity index (χ1) is 16.2. The van der Waals surface area contributed by atoms with Crippen LogP contribution in [0.5, 0.6) is 0 Å². The quantitative estimate of drug-likeness (QED) is 0.493. The number of carbonyl (C=O) groups excluding carboxylic acids is 3. The van der Waals surface area contributed by atoms with Crippen molar-refractivity contribution in [3.63, 3.8) is 0 Å². The molecule has 1 fully saturated rings. The van der Waals surface area contributed by atoms with Gasteiger partial charge in [-0.3, -0.25) is 14.4 Å². The fourth-order valence-electron chi connectivity index (χ4n) is 4.54. The van der Waals surface area contributed by atoms with Crippen LogP contribution in [0.25, 0.3) is 0 Å². The number of aryl methyl sites for hydroxylation is 4. The Bertz CT molecular complexity index is 1190. The van der Waals surface area contributed by atoms with Gasteiger partial charge in [0.05, 0.1) is 12.0 Å². The van der Waals surface area contributed by atoms with Crippen molar-refractivity contribution in [2.75, 3.05) is 16.8 Å². The lowest BCUT2D eigenvalue weighted by atomic mass is 9.99. The molecule has 2 atom stereocenters. The van der Waals surface area contributed by atoms with E-state index >= 15 is 0 Å². The summed E-state index contributed by atoms with van der Waals surface area (Å²) in [7, 11) is 0. The van der Waals surface area contributed by atoms with Gasteiger partial charge in [0.15, 0.2) is 6.61 Å². The number of hydrogen-bond acceptors (Lipinski definition) is 5. The minimum atomic E-state index is -0.692. The number of nitrogens with one attached hydrogen (secondary N) is 1. The van der Waals surface area contributed by atoms with Gasteiger partial charge in [-0.2, -0.15) is 0 Å². The van der Waals surface area contributed by atoms with Crippen LogP contribution >= 0.6 is 11.3 Å². The number of hydrogen-bond donors (Lipinski definition) is 1. The largest absolute Gasteiger partial charge is 0.455 e. The Morgan fingerprint density at radius 2 is 1.71 bits per heavy atom. The summed E-state index contributed by atoms with van der Waals surface area (Å²) in [5, 5.41) is 4.77. The smallest absolute Gasteiger partial charge is 0.312 e. The predicted molar refractivity (Wildman–Crippen MR) is 134 cm³/mol. The molecular weight excluding hydrogens is 448 g/mol. The molecule has 2 amide bonds. The average molecular weight is 477 g/mol. The maximum absolute atomic E-state index is 13.1. The molecule has 0 spiro atoms. The minimum Gasteiger partial charge on any atom is -0.455 e. The summed E-state index contributed by atoms with van der Waals surface area (Å²) in [5.41, 5.74) is 5.57. The van der Waals surface area contributed by atoms with E-state index in [9.17, 15) is 14.4 Å². The van der Waals surface area contributed by atoms with Gasteiger partial charge in [0.1, 0.15) is 0 Å². The second-order valence-corrected chi connectivity index (χ2v) is 9.78. The van der Waals surface area contributed by atoms with Crippen molar-refractivity contribution < 1.29 is 19.1 Å². The first kappa shape index (κ1) is 23.7. The fraction of sp³-hybridized carbons (Fsp3) is 0.296. The number of nitrogens with zero attached hydrogens (tertiary/aromatic N) is 1. The highest BCUT2D eigenvalue weighted by Crippen LogP contribution is 2.43. The minimum absolute atomic E-state index is 0.0348. The second kappa shape index (κ2) is 9.81. The van der Waals surface area contributed by atoms with Gasteiger partial charge in [0, 0.05) is 22.7 Å². The fourth-order valence-corrected chi connectivity index (χ4v) is 5.42. The van der Waals surface area contributed by atoms with E-state index < -0.39 is 30.4 Å². The van der Waals surface area contributed by atoms with Crippen LogP contribution in [-0.2, 0) is 19.1 Å². The Balaban J connectivity index is 1.49. The molecule has 0 saturated carbocycles. The maximum Gasteiger partial charge on any atom is 0.312 e. The standard InChI is InChI=1S/C27H28N2O4S/c1-16-7-9-20(10-8-16)29-24(31)14-21(26(29)22-6-5-11-34-22)27(32)33-15-23(30)28-25-18(3)12-17(2)13-19(25)4/h5-13,21,26H,14-15H2,1-4H3,(H,28,30)/t21-,26+/m1/s1. The van der Waals surface area contributed by atoms with Gasteiger partial charge in [-0.25, -0.2) is 0 Å². The van der Waals surface area contributed by atoms with Crippen molar-refractivity contribution in [3.05, 3.63) is 81.0 Å². The van der Waals surface area contributed by atoms with Gasteiger partial charge in [-0.15, -0.1) is 11.3 Å². The number of amides is 2. The van der Waals surface area contributed by atoms with Crippen molar-refractivity contribution >= 4 is 40.5 Å². The number of thiophene rings is 1. The molecule has 0 aliphatic carbocycles. The van der Waals surface area contributed by atoms with Gasteiger partial charge in [0.2, 0.25) is 5.91 Å². The molecule has 6 nitrogen and oxygen atoms in total. The highest BCUT2D eigenvalue weighted by atomic mass is 32.1. The Labute approximate surface area is 203 Å². The summed E-state index contributed by atoms with van der Waals surface area (Å²) in [6.45, 7) is 7.43. The molecule has 1 aliphatic rings. The molecule has 0 radical (unpaired) electrons. The van der Waals surface area contributed by atoms with Crippen LogP contribution in [-0.4, -0.2) is 24.4 Å². The van der Waals surface area contributed by atoms with Crippen molar-refractivity contribution in [3.8, 4) is 0 Å². The van der Waals surface area contributed by atoms with Crippen LogP contribution in [0.2, 0.25) is 0 Å². The van der Waals surface area contributed by atoms with Crippen molar-refractivity contribution in [1.29, 1.82) is 0 Å². The molecule has 176 valence electrons. The summed E-state index contributed by atoms with van der Waals surface area (Å²) in [5.74, 6) is -1.78.